The van der Waals surface area contributed by atoms with E-state index in [9.17, 15) is 22.8 Å². The van der Waals surface area contributed by atoms with Gasteiger partial charge < -0.3 is 19.9 Å². The molecule has 7 nitrogen and oxygen atoms in total. The monoisotopic (exact) mass is 522 g/mol. The van der Waals surface area contributed by atoms with Gasteiger partial charge in [-0.15, -0.1) is 0 Å². The summed E-state index contributed by atoms with van der Waals surface area (Å²) in [6.45, 7) is 7.73. The number of hydrogen-bond acceptors (Lipinski definition) is 5. The van der Waals surface area contributed by atoms with E-state index < -0.39 is 23.3 Å². The van der Waals surface area contributed by atoms with Crippen molar-refractivity contribution in [3.63, 3.8) is 0 Å². The Morgan fingerprint density at radius 1 is 1.22 bits per heavy atom. The molecule has 2 heterocycles. The first-order valence-electron chi connectivity index (χ1n) is 11.5. The molecule has 3 unspecified atom stereocenters. The van der Waals surface area contributed by atoms with Gasteiger partial charge in [-0.1, -0.05) is 11.6 Å². The molecule has 0 saturated carbocycles. The molecule has 1 saturated heterocycles. The van der Waals surface area contributed by atoms with Crippen molar-refractivity contribution in [3.8, 4) is 0 Å². The fraction of sp³-hybridized carbons (Fsp3) is 0.400. The number of halogens is 4. The largest absolute Gasteiger partial charge is 0.416 e. The van der Waals surface area contributed by atoms with E-state index in [0.29, 0.717) is 24.3 Å². The summed E-state index contributed by atoms with van der Waals surface area (Å²) in [5, 5.41) is 3.23. The van der Waals surface area contributed by atoms with Crippen molar-refractivity contribution in [1.29, 1.82) is 0 Å². The second-order valence-electron chi connectivity index (χ2n) is 9.13. The van der Waals surface area contributed by atoms with Gasteiger partial charge in [0.25, 0.3) is 11.5 Å². The van der Waals surface area contributed by atoms with E-state index in [4.69, 9.17) is 16.3 Å². The summed E-state index contributed by atoms with van der Waals surface area (Å²) in [5.74, 6) is 0.0244. The number of carbonyl (C=O) groups is 1. The highest BCUT2D eigenvalue weighted by Crippen LogP contribution is 2.38. The number of aromatic nitrogens is 2. The second kappa shape index (κ2) is 9.74. The number of alkyl halides is 3. The van der Waals surface area contributed by atoms with E-state index in [-0.39, 0.29) is 45.4 Å². The zero-order valence-corrected chi connectivity index (χ0v) is 20.9. The van der Waals surface area contributed by atoms with Gasteiger partial charge in [0.15, 0.2) is 0 Å². The van der Waals surface area contributed by atoms with Crippen LogP contribution in [0.4, 0.5) is 18.9 Å². The Labute approximate surface area is 210 Å². The first-order valence-corrected chi connectivity index (χ1v) is 11.8. The number of H-pyrrole nitrogens is 1. The standard InChI is InChI=1S/C25H26ClF3N4O3/c1-12-10-33(11-13(2)36-12)24(35)16-5-6-21(20(26)7-16)30-14(3)17-8-18-22(9-19(17)25(27,28)29)31-15(4)32-23(18)34/h5-9,12-14,30H,10-11H2,1-4H3,(H,31,32,34). The lowest BCUT2D eigenvalue weighted by Gasteiger charge is -2.35. The van der Waals surface area contributed by atoms with E-state index in [0.717, 1.165) is 6.07 Å². The molecule has 3 aromatic rings. The highest BCUT2D eigenvalue weighted by Gasteiger charge is 2.35. The van der Waals surface area contributed by atoms with Crippen molar-refractivity contribution in [2.45, 2.75) is 52.1 Å². The van der Waals surface area contributed by atoms with Crippen LogP contribution < -0.4 is 10.9 Å². The maximum absolute atomic E-state index is 13.9. The van der Waals surface area contributed by atoms with Gasteiger partial charge in [-0.3, -0.25) is 9.59 Å². The van der Waals surface area contributed by atoms with Crippen LogP contribution in [-0.4, -0.2) is 46.1 Å². The minimum Gasteiger partial charge on any atom is -0.377 e. The minimum atomic E-state index is -4.66. The SMILES string of the molecule is Cc1nc2cc(C(F)(F)F)c(C(C)Nc3ccc(C(=O)N4CC(C)OC(C)C4)cc3Cl)cc2c(=O)[nH]1. The highest BCUT2D eigenvalue weighted by molar-refractivity contribution is 6.33. The van der Waals surface area contributed by atoms with Crippen LogP contribution in [0.5, 0.6) is 0 Å². The fourth-order valence-corrected chi connectivity index (χ4v) is 4.76. The third-order valence-electron chi connectivity index (χ3n) is 6.06. The number of carbonyl (C=O) groups excluding carboxylic acids is 1. The van der Waals surface area contributed by atoms with Crippen LogP contribution >= 0.6 is 11.6 Å². The Morgan fingerprint density at radius 3 is 2.50 bits per heavy atom. The minimum absolute atomic E-state index is 0.0350. The van der Waals surface area contributed by atoms with Crippen LogP contribution in [0.15, 0.2) is 35.1 Å². The predicted octanol–water partition coefficient (Wildman–Crippen LogP) is 5.33. The van der Waals surface area contributed by atoms with Crippen molar-refractivity contribution < 1.29 is 22.7 Å². The summed E-state index contributed by atoms with van der Waals surface area (Å²) in [4.78, 5) is 33.6. The van der Waals surface area contributed by atoms with Crippen LogP contribution in [0.3, 0.4) is 0 Å². The number of anilines is 1. The van der Waals surface area contributed by atoms with Crippen molar-refractivity contribution in [2.24, 2.45) is 0 Å². The average Bonchev–Trinajstić information content (AvgIpc) is 2.77. The molecule has 2 N–H and O–H groups in total. The first kappa shape index (κ1) is 26.0. The molecule has 1 aliphatic heterocycles. The third-order valence-corrected chi connectivity index (χ3v) is 6.37. The third kappa shape index (κ3) is 5.34. The lowest BCUT2D eigenvalue weighted by atomic mass is 9.98. The molecule has 1 aromatic heterocycles. The molecule has 4 rings (SSSR count). The van der Waals surface area contributed by atoms with Gasteiger partial charge in [0.05, 0.1) is 39.4 Å². The van der Waals surface area contributed by atoms with E-state index in [1.807, 2.05) is 13.8 Å². The summed E-state index contributed by atoms with van der Waals surface area (Å²) in [6, 6.07) is 5.85. The summed E-state index contributed by atoms with van der Waals surface area (Å²) < 4.78 is 47.4. The van der Waals surface area contributed by atoms with Crippen LogP contribution in [0.25, 0.3) is 10.9 Å². The highest BCUT2D eigenvalue weighted by atomic mass is 35.5. The van der Waals surface area contributed by atoms with Gasteiger partial charge >= 0.3 is 6.18 Å². The molecule has 0 bridgehead atoms. The molecular formula is C25H26ClF3N4O3. The molecule has 36 heavy (non-hydrogen) atoms. The number of aryl methyl sites for hydroxylation is 1. The van der Waals surface area contributed by atoms with Gasteiger partial charge in [0.2, 0.25) is 0 Å². The molecule has 1 aliphatic rings. The van der Waals surface area contributed by atoms with Gasteiger partial charge in [-0.2, -0.15) is 13.2 Å². The zero-order valence-electron chi connectivity index (χ0n) is 20.2. The Hall–Kier alpha value is -3.11. The Morgan fingerprint density at radius 2 is 1.89 bits per heavy atom. The number of nitrogens with zero attached hydrogens (tertiary/aromatic N) is 2. The molecule has 11 heteroatoms. The Kier molecular flexibility index (Phi) is 7.03. The number of nitrogens with one attached hydrogen (secondary N) is 2. The van der Waals surface area contributed by atoms with Crippen LogP contribution in [0.2, 0.25) is 5.02 Å². The number of benzene rings is 2. The Balaban J connectivity index is 1.63. The maximum Gasteiger partial charge on any atom is 0.416 e. The second-order valence-corrected chi connectivity index (χ2v) is 9.54. The number of rotatable bonds is 4. The van der Waals surface area contributed by atoms with Crippen molar-refractivity contribution >= 4 is 34.1 Å². The summed E-state index contributed by atoms with van der Waals surface area (Å²) >= 11 is 6.42. The van der Waals surface area contributed by atoms with Gasteiger partial charge in [-0.05, 0) is 63.6 Å². The first-order chi connectivity index (χ1) is 16.8. The molecule has 0 radical (unpaired) electrons. The molecule has 3 atom stereocenters. The average molecular weight is 523 g/mol. The number of ether oxygens (including phenoxy) is 1. The van der Waals surface area contributed by atoms with Crippen LogP contribution in [0, 0.1) is 6.92 Å². The summed E-state index contributed by atoms with van der Waals surface area (Å²) in [6.07, 6.45) is -4.85. The molecule has 2 aromatic carbocycles. The van der Waals surface area contributed by atoms with E-state index in [1.165, 1.54) is 26.0 Å². The molecule has 0 spiro atoms. The van der Waals surface area contributed by atoms with E-state index >= 15 is 0 Å². The summed E-state index contributed by atoms with van der Waals surface area (Å²) in [7, 11) is 0. The normalized spacial score (nSPS) is 19.4. The van der Waals surface area contributed by atoms with Crippen LogP contribution in [-0.2, 0) is 10.9 Å². The Bertz CT molecular complexity index is 1370. The number of aromatic amines is 1. The fourth-order valence-electron chi connectivity index (χ4n) is 4.53. The lowest BCUT2D eigenvalue weighted by molar-refractivity contribution is -0.138. The maximum atomic E-state index is 13.9. The molecule has 1 fully saturated rings. The molecular weight excluding hydrogens is 497 g/mol. The van der Waals surface area contributed by atoms with Gasteiger partial charge in [-0.25, -0.2) is 4.98 Å². The van der Waals surface area contributed by atoms with Crippen molar-refractivity contribution in [2.75, 3.05) is 18.4 Å². The van der Waals surface area contributed by atoms with E-state index in [1.54, 1.807) is 17.0 Å². The van der Waals surface area contributed by atoms with E-state index in [2.05, 4.69) is 15.3 Å². The molecule has 192 valence electrons. The van der Waals surface area contributed by atoms with Gasteiger partial charge in [0, 0.05) is 24.7 Å². The van der Waals surface area contributed by atoms with Crippen LogP contribution in [0.1, 0.15) is 54.1 Å². The molecule has 1 amide bonds. The topological polar surface area (TPSA) is 87.3 Å². The quantitative estimate of drug-likeness (QED) is 0.484. The predicted molar refractivity (Wildman–Crippen MR) is 132 cm³/mol. The number of fused-ring (bicyclic) bond motifs is 1. The van der Waals surface area contributed by atoms with Crippen molar-refractivity contribution in [1.82, 2.24) is 14.9 Å². The van der Waals surface area contributed by atoms with Gasteiger partial charge in [0.1, 0.15) is 5.82 Å². The zero-order chi connectivity index (χ0) is 26.4. The smallest absolute Gasteiger partial charge is 0.377 e. The molecule has 0 aliphatic carbocycles. The number of hydrogen-bond donors (Lipinski definition) is 2. The number of amides is 1. The number of morpholine rings is 1. The van der Waals surface area contributed by atoms with Crippen molar-refractivity contribution in [3.05, 3.63) is 68.2 Å². The summed E-state index contributed by atoms with van der Waals surface area (Å²) in [5.41, 5.74) is -0.855. The lowest BCUT2D eigenvalue weighted by Crippen LogP contribution is -2.48.